The quantitative estimate of drug-likeness (QED) is 0.869. The third-order valence-electron chi connectivity index (χ3n) is 4.26. The lowest BCUT2D eigenvalue weighted by atomic mass is 9.94. The van der Waals surface area contributed by atoms with Crippen LogP contribution in [-0.4, -0.2) is 43.8 Å². The first-order valence-corrected chi connectivity index (χ1v) is 7.68. The van der Waals surface area contributed by atoms with E-state index in [1.165, 1.54) is 19.4 Å². The van der Waals surface area contributed by atoms with Gasteiger partial charge in [-0.25, -0.2) is 4.98 Å². The van der Waals surface area contributed by atoms with E-state index < -0.39 is 0 Å². The lowest BCUT2D eigenvalue weighted by Crippen LogP contribution is -2.39. The van der Waals surface area contributed by atoms with Crippen molar-refractivity contribution in [1.29, 1.82) is 0 Å². The standard InChI is InChI=1S/C16H23N5/c1-12(2)21-6-4-5-13(11-21)15-8-17-9-16(19-15)14-7-18-20(3)10-14/h7-10,12-13H,4-6,11H2,1-3H3/t13-/m0/s1. The Labute approximate surface area is 126 Å². The van der Waals surface area contributed by atoms with Crippen LogP contribution in [0.5, 0.6) is 0 Å². The number of rotatable bonds is 3. The van der Waals surface area contributed by atoms with Gasteiger partial charge in [0.2, 0.25) is 0 Å². The second-order valence-corrected chi connectivity index (χ2v) is 6.16. The summed E-state index contributed by atoms with van der Waals surface area (Å²) < 4.78 is 1.80. The largest absolute Gasteiger partial charge is 0.300 e. The molecule has 1 fully saturated rings. The minimum absolute atomic E-state index is 0.491. The predicted molar refractivity (Wildman–Crippen MR) is 82.9 cm³/mol. The Kier molecular flexibility index (Phi) is 4.01. The van der Waals surface area contributed by atoms with Crippen molar-refractivity contribution in [1.82, 2.24) is 24.6 Å². The summed E-state index contributed by atoms with van der Waals surface area (Å²) in [6.07, 6.45) is 10.0. The Bertz CT molecular complexity index is 604. The number of piperidine rings is 1. The van der Waals surface area contributed by atoms with Crippen molar-refractivity contribution in [2.75, 3.05) is 13.1 Å². The fourth-order valence-electron chi connectivity index (χ4n) is 2.99. The van der Waals surface area contributed by atoms with Crippen LogP contribution >= 0.6 is 0 Å². The molecule has 1 atom stereocenters. The molecule has 3 rings (SSSR count). The molecular formula is C16H23N5. The van der Waals surface area contributed by atoms with Crippen LogP contribution in [0.4, 0.5) is 0 Å². The monoisotopic (exact) mass is 285 g/mol. The molecule has 0 spiro atoms. The molecule has 0 amide bonds. The number of hydrogen-bond acceptors (Lipinski definition) is 4. The zero-order valence-electron chi connectivity index (χ0n) is 13.0. The Morgan fingerprint density at radius 2 is 2.10 bits per heavy atom. The van der Waals surface area contributed by atoms with Gasteiger partial charge in [0, 0.05) is 43.5 Å². The van der Waals surface area contributed by atoms with Crippen molar-refractivity contribution in [3.63, 3.8) is 0 Å². The number of likely N-dealkylation sites (tertiary alicyclic amines) is 1. The van der Waals surface area contributed by atoms with Crippen LogP contribution in [0.25, 0.3) is 11.3 Å². The van der Waals surface area contributed by atoms with Crippen LogP contribution in [0.3, 0.4) is 0 Å². The summed E-state index contributed by atoms with van der Waals surface area (Å²) >= 11 is 0. The van der Waals surface area contributed by atoms with Crippen LogP contribution in [-0.2, 0) is 7.05 Å². The number of nitrogens with zero attached hydrogens (tertiary/aromatic N) is 5. The van der Waals surface area contributed by atoms with E-state index in [4.69, 9.17) is 4.98 Å². The van der Waals surface area contributed by atoms with Gasteiger partial charge in [-0.05, 0) is 33.2 Å². The molecule has 3 heterocycles. The average Bonchev–Trinajstić information content (AvgIpc) is 2.94. The van der Waals surface area contributed by atoms with Crippen molar-refractivity contribution >= 4 is 0 Å². The maximum absolute atomic E-state index is 4.83. The lowest BCUT2D eigenvalue weighted by molar-refractivity contribution is 0.166. The highest BCUT2D eigenvalue weighted by Crippen LogP contribution is 2.27. The maximum Gasteiger partial charge on any atom is 0.0920 e. The molecule has 0 aliphatic carbocycles. The van der Waals surface area contributed by atoms with Gasteiger partial charge in [0.1, 0.15) is 0 Å². The van der Waals surface area contributed by atoms with E-state index in [0.29, 0.717) is 12.0 Å². The molecule has 2 aromatic heterocycles. The third kappa shape index (κ3) is 3.13. The van der Waals surface area contributed by atoms with E-state index in [1.807, 2.05) is 31.8 Å². The highest BCUT2D eigenvalue weighted by atomic mass is 15.2. The van der Waals surface area contributed by atoms with Crippen LogP contribution in [0.1, 0.15) is 38.3 Å². The predicted octanol–water partition coefficient (Wildman–Crippen LogP) is 2.46. The van der Waals surface area contributed by atoms with Crippen LogP contribution in [0, 0.1) is 0 Å². The fraction of sp³-hybridized carbons (Fsp3) is 0.562. The van der Waals surface area contributed by atoms with Crippen LogP contribution in [0.2, 0.25) is 0 Å². The second kappa shape index (κ2) is 5.93. The lowest BCUT2D eigenvalue weighted by Gasteiger charge is -2.35. The molecule has 5 heteroatoms. The van der Waals surface area contributed by atoms with Crippen molar-refractivity contribution in [2.45, 2.75) is 38.6 Å². The molecule has 0 unspecified atom stereocenters. The summed E-state index contributed by atoms with van der Waals surface area (Å²) in [4.78, 5) is 11.8. The van der Waals surface area contributed by atoms with Crippen molar-refractivity contribution in [2.24, 2.45) is 7.05 Å². The fourth-order valence-corrected chi connectivity index (χ4v) is 2.99. The normalized spacial score (nSPS) is 20.1. The van der Waals surface area contributed by atoms with Gasteiger partial charge >= 0.3 is 0 Å². The highest BCUT2D eigenvalue weighted by molar-refractivity contribution is 5.55. The molecular weight excluding hydrogens is 262 g/mol. The summed E-state index contributed by atoms with van der Waals surface area (Å²) in [7, 11) is 1.92. The van der Waals surface area contributed by atoms with E-state index >= 15 is 0 Å². The van der Waals surface area contributed by atoms with Gasteiger partial charge in [-0.3, -0.25) is 9.67 Å². The van der Waals surface area contributed by atoms with Gasteiger partial charge < -0.3 is 4.90 Å². The average molecular weight is 285 g/mol. The first kappa shape index (κ1) is 14.2. The van der Waals surface area contributed by atoms with E-state index in [9.17, 15) is 0 Å². The molecule has 112 valence electrons. The summed E-state index contributed by atoms with van der Waals surface area (Å²) in [5.41, 5.74) is 3.06. The Morgan fingerprint density at radius 3 is 2.81 bits per heavy atom. The second-order valence-electron chi connectivity index (χ2n) is 6.16. The molecule has 0 radical (unpaired) electrons. The molecule has 2 aromatic rings. The maximum atomic E-state index is 4.83. The third-order valence-corrected chi connectivity index (χ3v) is 4.26. The number of aromatic nitrogens is 4. The van der Waals surface area contributed by atoms with E-state index in [-0.39, 0.29) is 0 Å². The molecule has 1 saturated heterocycles. The van der Waals surface area contributed by atoms with Gasteiger partial charge in [-0.15, -0.1) is 0 Å². The molecule has 0 saturated carbocycles. The topological polar surface area (TPSA) is 46.8 Å². The first-order valence-electron chi connectivity index (χ1n) is 7.68. The smallest absolute Gasteiger partial charge is 0.0920 e. The molecule has 1 aliphatic rings. The summed E-state index contributed by atoms with van der Waals surface area (Å²) in [5.74, 6) is 0.491. The SMILES string of the molecule is CC(C)N1CCC[C@H](c2cncc(-c3cnn(C)c3)n2)C1. The highest BCUT2D eigenvalue weighted by Gasteiger charge is 2.24. The summed E-state index contributed by atoms with van der Waals surface area (Å²) in [6, 6.07) is 0.599. The number of aryl methyl sites for hydroxylation is 1. The van der Waals surface area contributed by atoms with Gasteiger partial charge in [0.15, 0.2) is 0 Å². The van der Waals surface area contributed by atoms with Crippen molar-refractivity contribution < 1.29 is 0 Å². The van der Waals surface area contributed by atoms with Crippen molar-refractivity contribution in [3.05, 3.63) is 30.5 Å². The van der Waals surface area contributed by atoms with Crippen LogP contribution in [0.15, 0.2) is 24.8 Å². The first-order chi connectivity index (χ1) is 10.1. The van der Waals surface area contributed by atoms with E-state index in [1.54, 1.807) is 4.68 Å². The molecule has 21 heavy (non-hydrogen) atoms. The number of hydrogen-bond donors (Lipinski definition) is 0. The zero-order chi connectivity index (χ0) is 14.8. The molecule has 5 nitrogen and oxygen atoms in total. The molecule has 0 aromatic carbocycles. The molecule has 0 bridgehead atoms. The van der Waals surface area contributed by atoms with E-state index in [2.05, 4.69) is 28.8 Å². The van der Waals surface area contributed by atoms with Gasteiger partial charge in [-0.1, -0.05) is 0 Å². The summed E-state index contributed by atoms with van der Waals surface area (Å²) in [5, 5.41) is 4.21. The Morgan fingerprint density at radius 1 is 1.24 bits per heavy atom. The minimum atomic E-state index is 0.491. The van der Waals surface area contributed by atoms with Gasteiger partial charge in [0.25, 0.3) is 0 Å². The van der Waals surface area contributed by atoms with Crippen molar-refractivity contribution in [3.8, 4) is 11.3 Å². The van der Waals surface area contributed by atoms with Crippen LogP contribution < -0.4 is 0 Å². The zero-order valence-corrected chi connectivity index (χ0v) is 13.0. The molecule has 1 aliphatic heterocycles. The van der Waals surface area contributed by atoms with E-state index in [0.717, 1.165) is 23.5 Å². The Hall–Kier alpha value is -1.75. The Balaban J connectivity index is 1.82. The van der Waals surface area contributed by atoms with Gasteiger partial charge in [-0.2, -0.15) is 5.10 Å². The molecule has 0 N–H and O–H groups in total. The summed E-state index contributed by atoms with van der Waals surface area (Å²) in [6.45, 7) is 6.81. The minimum Gasteiger partial charge on any atom is -0.300 e. The van der Waals surface area contributed by atoms with Gasteiger partial charge in [0.05, 0.1) is 23.8 Å².